The van der Waals surface area contributed by atoms with Crippen molar-refractivity contribution < 1.29 is 22.2 Å². The number of esters is 1. The SMILES string of the molecule is CC=NOS(=O)(=O)C(C)(C)C(=O)OC. The Labute approximate surface area is 83.0 Å². The summed E-state index contributed by atoms with van der Waals surface area (Å²) in [4.78, 5) is 11.1. The van der Waals surface area contributed by atoms with Gasteiger partial charge >= 0.3 is 16.1 Å². The molecule has 0 aromatic carbocycles. The van der Waals surface area contributed by atoms with E-state index in [9.17, 15) is 13.2 Å². The van der Waals surface area contributed by atoms with Crippen LogP contribution in [0, 0.1) is 0 Å². The van der Waals surface area contributed by atoms with Crippen molar-refractivity contribution in [2.24, 2.45) is 5.16 Å². The van der Waals surface area contributed by atoms with Crippen LogP contribution >= 0.6 is 0 Å². The molecule has 0 rings (SSSR count). The molecular weight excluding hydrogens is 210 g/mol. The molecular formula is C7H13NO5S. The Morgan fingerprint density at radius 2 is 1.93 bits per heavy atom. The van der Waals surface area contributed by atoms with Crippen LogP contribution in [0.15, 0.2) is 5.16 Å². The Bertz CT molecular complexity index is 330. The van der Waals surface area contributed by atoms with Gasteiger partial charge in [-0.3, -0.25) is 9.08 Å². The average molecular weight is 223 g/mol. The maximum Gasteiger partial charge on any atom is 0.344 e. The van der Waals surface area contributed by atoms with Crippen molar-refractivity contribution in [3.05, 3.63) is 0 Å². The highest BCUT2D eigenvalue weighted by atomic mass is 32.2. The quantitative estimate of drug-likeness (QED) is 0.388. The third-order valence-electron chi connectivity index (χ3n) is 1.55. The zero-order valence-corrected chi connectivity index (χ0v) is 9.29. The van der Waals surface area contributed by atoms with Crippen LogP contribution in [0.4, 0.5) is 0 Å². The molecule has 0 aliphatic rings. The molecule has 7 heteroatoms. The number of methoxy groups -OCH3 is 1. The number of nitrogens with zero attached hydrogens (tertiary/aromatic N) is 1. The van der Waals surface area contributed by atoms with Gasteiger partial charge in [0.25, 0.3) is 0 Å². The number of oxime groups is 1. The Hall–Kier alpha value is -1.11. The van der Waals surface area contributed by atoms with E-state index < -0.39 is 20.8 Å². The molecule has 0 saturated carbocycles. The molecule has 0 fully saturated rings. The first-order chi connectivity index (χ1) is 6.29. The lowest BCUT2D eigenvalue weighted by Gasteiger charge is -2.18. The van der Waals surface area contributed by atoms with E-state index in [1.807, 2.05) is 0 Å². The minimum Gasteiger partial charge on any atom is -0.468 e. The van der Waals surface area contributed by atoms with E-state index in [1.165, 1.54) is 20.8 Å². The van der Waals surface area contributed by atoms with Gasteiger partial charge in [0, 0.05) is 6.21 Å². The van der Waals surface area contributed by atoms with Crippen molar-refractivity contribution >= 4 is 22.3 Å². The summed E-state index contributed by atoms with van der Waals surface area (Å²) in [6.45, 7) is 3.85. The molecule has 0 heterocycles. The van der Waals surface area contributed by atoms with Crippen molar-refractivity contribution in [2.75, 3.05) is 7.11 Å². The highest BCUT2D eigenvalue weighted by molar-refractivity contribution is 7.88. The number of hydrogen-bond donors (Lipinski definition) is 0. The van der Waals surface area contributed by atoms with Crippen molar-refractivity contribution in [1.29, 1.82) is 0 Å². The van der Waals surface area contributed by atoms with Gasteiger partial charge in [-0.15, -0.1) is 0 Å². The van der Waals surface area contributed by atoms with Gasteiger partial charge in [0.2, 0.25) is 4.75 Å². The standard InChI is InChI=1S/C7H13NO5S/c1-5-8-13-14(10,11)7(2,3)6(9)12-4/h5H,1-4H3. The van der Waals surface area contributed by atoms with Gasteiger partial charge < -0.3 is 4.74 Å². The van der Waals surface area contributed by atoms with Gasteiger partial charge in [-0.2, -0.15) is 8.42 Å². The van der Waals surface area contributed by atoms with Crippen molar-refractivity contribution in [1.82, 2.24) is 0 Å². The third kappa shape index (κ3) is 2.44. The molecule has 0 radical (unpaired) electrons. The molecule has 0 unspecified atom stereocenters. The second kappa shape index (κ2) is 4.41. The van der Waals surface area contributed by atoms with E-state index in [2.05, 4.69) is 14.2 Å². The van der Waals surface area contributed by atoms with E-state index >= 15 is 0 Å². The molecule has 82 valence electrons. The topological polar surface area (TPSA) is 82.0 Å². The summed E-state index contributed by atoms with van der Waals surface area (Å²) >= 11 is 0. The monoisotopic (exact) mass is 223 g/mol. The first kappa shape index (κ1) is 12.9. The normalized spacial score (nSPS) is 12.9. The highest BCUT2D eigenvalue weighted by Crippen LogP contribution is 2.20. The summed E-state index contributed by atoms with van der Waals surface area (Å²) in [5.41, 5.74) is 0. The smallest absolute Gasteiger partial charge is 0.344 e. The molecule has 0 N–H and O–H groups in total. The molecule has 0 spiro atoms. The number of carbonyl (C=O) groups is 1. The maximum atomic E-state index is 11.4. The lowest BCUT2D eigenvalue weighted by Crippen LogP contribution is -2.41. The summed E-state index contributed by atoms with van der Waals surface area (Å²) in [6, 6.07) is 0. The number of carbonyl (C=O) groups excluding carboxylic acids is 1. The first-order valence-electron chi connectivity index (χ1n) is 3.79. The molecule has 0 amide bonds. The highest BCUT2D eigenvalue weighted by Gasteiger charge is 2.45. The Morgan fingerprint density at radius 3 is 2.29 bits per heavy atom. The van der Waals surface area contributed by atoms with Crippen LogP contribution in [-0.2, 0) is 23.9 Å². The van der Waals surface area contributed by atoms with Crippen LogP contribution < -0.4 is 0 Å². The molecule has 6 nitrogen and oxygen atoms in total. The fourth-order valence-electron chi connectivity index (χ4n) is 0.541. The van der Waals surface area contributed by atoms with Crippen LogP contribution in [0.1, 0.15) is 20.8 Å². The van der Waals surface area contributed by atoms with Gasteiger partial charge in [-0.25, -0.2) is 0 Å². The third-order valence-corrected chi connectivity index (χ3v) is 3.25. The molecule has 0 aliphatic heterocycles. The molecule has 14 heavy (non-hydrogen) atoms. The number of hydrogen-bond acceptors (Lipinski definition) is 6. The predicted octanol–water partition coefficient (Wildman–Crippen LogP) is 0.290. The zero-order chi connectivity index (χ0) is 11.4. The minimum atomic E-state index is -4.11. The van der Waals surface area contributed by atoms with Crippen molar-refractivity contribution in [2.45, 2.75) is 25.5 Å². The van der Waals surface area contributed by atoms with Crippen molar-refractivity contribution in [3.63, 3.8) is 0 Å². The number of ether oxygens (including phenoxy) is 1. The average Bonchev–Trinajstić information content (AvgIpc) is 2.13. The van der Waals surface area contributed by atoms with Crippen LogP contribution in [0.3, 0.4) is 0 Å². The van der Waals surface area contributed by atoms with Gasteiger partial charge in [0.05, 0.1) is 7.11 Å². The first-order valence-corrected chi connectivity index (χ1v) is 5.20. The summed E-state index contributed by atoms with van der Waals surface area (Å²) < 4.78 is 29.5. The van der Waals surface area contributed by atoms with Crippen LogP contribution in [0.2, 0.25) is 0 Å². The van der Waals surface area contributed by atoms with Gasteiger partial charge in [0.1, 0.15) is 0 Å². The zero-order valence-electron chi connectivity index (χ0n) is 8.47. The second-order valence-corrected chi connectivity index (χ2v) is 4.97. The van der Waals surface area contributed by atoms with E-state index in [1.54, 1.807) is 0 Å². The summed E-state index contributed by atoms with van der Waals surface area (Å²) in [7, 11) is -3.01. The van der Waals surface area contributed by atoms with Crippen LogP contribution in [-0.4, -0.2) is 32.5 Å². The molecule has 0 atom stereocenters. The van der Waals surface area contributed by atoms with Gasteiger partial charge in [0.15, 0.2) is 0 Å². The summed E-state index contributed by atoms with van der Waals surface area (Å²) in [5.74, 6) is -0.899. The van der Waals surface area contributed by atoms with E-state index in [0.29, 0.717) is 0 Å². The predicted molar refractivity (Wildman–Crippen MR) is 50.3 cm³/mol. The summed E-state index contributed by atoms with van der Waals surface area (Å²) in [5, 5.41) is 3.11. The van der Waals surface area contributed by atoms with E-state index in [-0.39, 0.29) is 0 Å². The van der Waals surface area contributed by atoms with E-state index in [4.69, 9.17) is 0 Å². The van der Waals surface area contributed by atoms with Gasteiger partial charge in [-0.1, -0.05) is 5.16 Å². The minimum absolute atomic E-state index is 0.899. The van der Waals surface area contributed by atoms with Gasteiger partial charge in [-0.05, 0) is 20.8 Å². The molecule has 0 aromatic heterocycles. The Morgan fingerprint density at radius 1 is 1.43 bits per heavy atom. The molecule has 0 aromatic rings. The largest absolute Gasteiger partial charge is 0.468 e. The second-order valence-electron chi connectivity index (χ2n) is 2.89. The molecule has 0 saturated heterocycles. The van der Waals surface area contributed by atoms with Crippen molar-refractivity contribution in [3.8, 4) is 0 Å². The molecule has 0 bridgehead atoms. The Balaban J connectivity index is 4.98. The van der Waals surface area contributed by atoms with Crippen LogP contribution in [0.25, 0.3) is 0 Å². The lowest BCUT2D eigenvalue weighted by molar-refractivity contribution is -0.143. The maximum absolute atomic E-state index is 11.4. The number of rotatable bonds is 4. The fraction of sp³-hybridized carbons (Fsp3) is 0.714. The lowest BCUT2D eigenvalue weighted by atomic mass is 10.2. The van der Waals surface area contributed by atoms with E-state index in [0.717, 1.165) is 13.3 Å². The summed E-state index contributed by atoms with van der Waals surface area (Å²) in [6.07, 6.45) is 1.16. The fourth-order valence-corrected chi connectivity index (χ4v) is 1.21. The van der Waals surface area contributed by atoms with Crippen LogP contribution in [0.5, 0.6) is 0 Å². The molecule has 0 aliphatic carbocycles. The Kier molecular flexibility index (Phi) is 4.06.